The van der Waals surface area contributed by atoms with Gasteiger partial charge in [-0.25, -0.2) is 4.98 Å². The van der Waals surface area contributed by atoms with Gasteiger partial charge in [-0.15, -0.1) is 0 Å². The van der Waals surface area contributed by atoms with Gasteiger partial charge in [0.15, 0.2) is 5.75 Å². The number of H-pyrrole nitrogens is 1. The van der Waals surface area contributed by atoms with Crippen molar-refractivity contribution >= 4 is 5.69 Å². The van der Waals surface area contributed by atoms with Crippen molar-refractivity contribution in [2.45, 2.75) is 6.92 Å². The Balaban J connectivity index is 2.58. The number of imidazole rings is 1. The van der Waals surface area contributed by atoms with Crippen molar-refractivity contribution in [3.8, 4) is 22.9 Å². The number of phenolic OH excluding ortho intramolecular Hbond substituents is 1. The molecule has 0 aliphatic rings. The number of aromatic hydroxyl groups is 1. The van der Waals surface area contributed by atoms with Crippen molar-refractivity contribution in [2.75, 3.05) is 6.61 Å². The number of aromatic amines is 1. The van der Waals surface area contributed by atoms with Gasteiger partial charge >= 0.3 is 5.69 Å². The number of aromatic nitrogens is 2. The first-order valence-corrected chi connectivity index (χ1v) is 5.27. The molecule has 2 rings (SSSR count). The number of hydrogen-bond acceptors (Lipinski definition) is 5. The van der Waals surface area contributed by atoms with E-state index in [9.17, 15) is 15.2 Å². The van der Waals surface area contributed by atoms with Crippen LogP contribution in [0.5, 0.6) is 11.5 Å². The van der Waals surface area contributed by atoms with E-state index >= 15 is 0 Å². The Kier molecular flexibility index (Phi) is 3.13. The fourth-order valence-corrected chi connectivity index (χ4v) is 1.56. The molecular weight excluding hydrogens is 238 g/mol. The smallest absolute Gasteiger partial charge is 0.315 e. The van der Waals surface area contributed by atoms with E-state index in [1.807, 2.05) is 0 Å². The lowest BCUT2D eigenvalue weighted by Crippen LogP contribution is -1.96. The molecule has 0 bridgehead atoms. The van der Waals surface area contributed by atoms with E-state index < -0.39 is 16.4 Å². The molecule has 0 aliphatic heterocycles. The lowest BCUT2D eigenvalue weighted by atomic mass is 10.1. The van der Waals surface area contributed by atoms with Crippen molar-refractivity contribution in [3.63, 3.8) is 0 Å². The number of ether oxygens (including phenoxy) is 1. The molecule has 0 saturated heterocycles. The van der Waals surface area contributed by atoms with Gasteiger partial charge in [-0.05, 0) is 13.0 Å². The Morgan fingerprint density at radius 3 is 2.89 bits per heavy atom. The molecule has 94 valence electrons. The predicted octanol–water partition coefficient (Wildman–Crippen LogP) is 2.09. The molecule has 0 amide bonds. The summed E-state index contributed by atoms with van der Waals surface area (Å²) in [7, 11) is 0. The summed E-state index contributed by atoms with van der Waals surface area (Å²) in [4.78, 5) is 17.0. The second-order valence-electron chi connectivity index (χ2n) is 3.47. The Hall–Kier alpha value is -2.57. The molecule has 0 spiro atoms. The zero-order valence-electron chi connectivity index (χ0n) is 9.58. The highest BCUT2D eigenvalue weighted by molar-refractivity contribution is 5.68. The van der Waals surface area contributed by atoms with Gasteiger partial charge in [-0.1, -0.05) is 0 Å². The molecule has 7 nitrogen and oxygen atoms in total. The molecule has 18 heavy (non-hydrogen) atoms. The monoisotopic (exact) mass is 249 g/mol. The number of hydrogen-bond donors (Lipinski definition) is 2. The summed E-state index contributed by atoms with van der Waals surface area (Å²) in [5.41, 5.74) is 0.0697. The van der Waals surface area contributed by atoms with Crippen LogP contribution in [0.4, 0.5) is 5.69 Å². The highest BCUT2D eigenvalue weighted by atomic mass is 16.6. The number of nitrogens with one attached hydrogen (secondary N) is 1. The van der Waals surface area contributed by atoms with E-state index in [2.05, 4.69) is 9.97 Å². The third-order valence-corrected chi connectivity index (χ3v) is 2.32. The van der Waals surface area contributed by atoms with Crippen LogP contribution in [0.2, 0.25) is 0 Å². The molecule has 0 saturated carbocycles. The van der Waals surface area contributed by atoms with E-state index in [0.717, 1.165) is 0 Å². The Bertz CT molecular complexity index is 566. The maximum atomic E-state index is 10.9. The van der Waals surface area contributed by atoms with Crippen molar-refractivity contribution in [2.24, 2.45) is 0 Å². The predicted molar refractivity (Wildman–Crippen MR) is 63.5 cm³/mol. The molecule has 1 aromatic heterocycles. The van der Waals surface area contributed by atoms with Crippen LogP contribution >= 0.6 is 0 Å². The minimum absolute atomic E-state index is 0.0677. The van der Waals surface area contributed by atoms with Crippen LogP contribution in [0.1, 0.15) is 6.92 Å². The fraction of sp³-hybridized carbons (Fsp3) is 0.182. The molecule has 0 fully saturated rings. The van der Waals surface area contributed by atoms with E-state index in [-0.39, 0.29) is 5.75 Å². The average Bonchev–Trinajstić information content (AvgIpc) is 2.85. The van der Waals surface area contributed by atoms with Crippen LogP contribution in [0.15, 0.2) is 24.5 Å². The third-order valence-electron chi connectivity index (χ3n) is 2.32. The number of nitro groups is 1. The molecule has 0 atom stereocenters. The third kappa shape index (κ3) is 2.10. The standard InChI is InChI=1S/C11H11N3O4/c1-2-18-9-6-7(11-12-3-4-13-11)5-8(10(9)15)14(16)17/h3-6,15H,2H2,1H3,(H,12,13). The SMILES string of the molecule is CCOc1cc(-c2ncc[nH]2)cc([N+](=O)[O-])c1O. The number of nitrogens with zero attached hydrogens (tertiary/aromatic N) is 2. The van der Waals surface area contributed by atoms with Gasteiger partial charge in [0.25, 0.3) is 0 Å². The van der Waals surface area contributed by atoms with Crippen LogP contribution in [0.25, 0.3) is 11.4 Å². The summed E-state index contributed by atoms with van der Waals surface area (Å²) in [5, 5.41) is 20.6. The van der Waals surface area contributed by atoms with Crippen LogP contribution in [-0.4, -0.2) is 26.6 Å². The first-order chi connectivity index (χ1) is 8.63. The summed E-state index contributed by atoms with van der Waals surface area (Å²) < 4.78 is 5.17. The summed E-state index contributed by atoms with van der Waals surface area (Å²) in [6.45, 7) is 2.02. The number of nitro benzene ring substituents is 1. The van der Waals surface area contributed by atoms with Gasteiger partial charge in [-0.2, -0.15) is 0 Å². The zero-order valence-corrected chi connectivity index (χ0v) is 9.58. The number of benzene rings is 1. The number of phenols is 1. The summed E-state index contributed by atoms with van der Waals surface area (Å²) in [5.74, 6) is 0.0642. The second-order valence-corrected chi connectivity index (χ2v) is 3.47. The van der Waals surface area contributed by atoms with Crippen LogP contribution in [0.3, 0.4) is 0 Å². The molecule has 2 N–H and O–H groups in total. The highest BCUT2D eigenvalue weighted by Gasteiger charge is 2.21. The maximum Gasteiger partial charge on any atom is 0.315 e. The van der Waals surface area contributed by atoms with E-state index in [1.165, 1.54) is 18.3 Å². The van der Waals surface area contributed by atoms with Gasteiger partial charge in [0.2, 0.25) is 5.75 Å². The molecule has 7 heteroatoms. The Morgan fingerprint density at radius 2 is 2.33 bits per heavy atom. The van der Waals surface area contributed by atoms with Crippen LogP contribution < -0.4 is 4.74 Å². The van der Waals surface area contributed by atoms with E-state index in [0.29, 0.717) is 18.0 Å². The Morgan fingerprint density at radius 1 is 1.56 bits per heavy atom. The maximum absolute atomic E-state index is 10.9. The van der Waals surface area contributed by atoms with Crippen molar-refractivity contribution in [1.82, 2.24) is 9.97 Å². The average molecular weight is 249 g/mol. The quantitative estimate of drug-likeness (QED) is 0.638. The van der Waals surface area contributed by atoms with Gasteiger partial charge in [0.05, 0.1) is 11.5 Å². The Labute approximate surface area is 102 Å². The van der Waals surface area contributed by atoms with Gasteiger partial charge in [-0.3, -0.25) is 10.1 Å². The minimum atomic E-state index is -0.662. The normalized spacial score (nSPS) is 10.3. The van der Waals surface area contributed by atoms with Crippen molar-refractivity contribution in [3.05, 3.63) is 34.6 Å². The lowest BCUT2D eigenvalue weighted by molar-refractivity contribution is -0.385. The highest BCUT2D eigenvalue weighted by Crippen LogP contribution is 2.39. The first kappa shape index (κ1) is 11.9. The van der Waals surface area contributed by atoms with Crippen LogP contribution in [-0.2, 0) is 0 Å². The van der Waals surface area contributed by atoms with Gasteiger partial charge in [0, 0.05) is 24.0 Å². The molecule has 0 unspecified atom stereocenters. The van der Waals surface area contributed by atoms with Gasteiger partial charge < -0.3 is 14.8 Å². The fourth-order valence-electron chi connectivity index (χ4n) is 1.56. The minimum Gasteiger partial charge on any atom is -0.500 e. The van der Waals surface area contributed by atoms with Gasteiger partial charge in [0.1, 0.15) is 5.82 Å². The molecule has 1 heterocycles. The van der Waals surface area contributed by atoms with E-state index in [1.54, 1.807) is 13.1 Å². The van der Waals surface area contributed by atoms with E-state index in [4.69, 9.17) is 4.74 Å². The molecule has 0 aliphatic carbocycles. The first-order valence-electron chi connectivity index (χ1n) is 5.27. The summed E-state index contributed by atoms with van der Waals surface area (Å²) in [6.07, 6.45) is 3.14. The second kappa shape index (κ2) is 4.74. The van der Waals surface area contributed by atoms with Crippen molar-refractivity contribution < 1.29 is 14.8 Å². The topological polar surface area (TPSA) is 101 Å². The zero-order chi connectivity index (χ0) is 13.1. The molecular formula is C11H11N3O4. The largest absolute Gasteiger partial charge is 0.500 e. The molecule has 1 aromatic carbocycles. The molecule has 0 radical (unpaired) electrons. The molecule has 2 aromatic rings. The summed E-state index contributed by atoms with van der Waals surface area (Å²) >= 11 is 0. The summed E-state index contributed by atoms with van der Waals surface area (Å²) in [6, 6.07) is 2.75. The van der Waals surface area contributed by atoms with Crippen LogP contribution in [0, 0.1) is 10.1 Å². The number of rotatable bonds is 4. The van der Waals surface area contributed by atoms with Crippen molar-refractivity contribution in [1.29, 1.82) is 0 Å². The lowest BCUT2D eigenvalue weighted by Gasteiger charge is -2.07.